The van der Waals surface area contributed by atoms with Gasteiger partial charge in [0.05, 0.1) is 29.9 Å². The van der Waals surface area contributed by atoms with Crippen LogP contribution in [0.5, 0.6) is 5.75 Å². The van der Waals surface area contributed by atoms with Crippen molar-refractivity contribution in [1.29, 1.82) is 0 Å². The highest BCUT2D eigenvalue weighted by Gasteiger charge is 2.43. The van der Waals surface area contributed by atoms with E-state index in [4.69, 9.17) is 4.74 Å². The normalized spacial score (nSPS) is 21.1. The summed E-state index contributed by atoms with van der Waals surface area (Å²) in [6, 6.07) is 8.34. The van der Waals surface area contributed by atoms with Crippen LogP contribution in [-0.2, 0) is 15.1 Å². The Bertz CT molecular complexity index is 1270. The number of benzene rings is 1. The maximum absolute atomic E-state index is 13.6. The van der Waals surface area contributed by atoms with Crippen LogP contribution in [0.15, 0.2) is 60.0 Å². The largest absolute Gasteiger partial charge is 0.573 e. The number of amides is 1. The number of methoxy groups -OCH3 is 1. The number of rotatable bonds is 6. The Kier molecular flexibility index (Phi) is 7.44. The van der Waals surface area contributed by atoms with Gasteiger partial charge < -0.3 is 24.3 Å². The molecule has 5 rings (SSSR count). The molecule has 3 heterocycles. The number of hydrogen-bond donors (Lipinski definition) is 1. The molecule has 1 spiro atoms. The van der Waals surface area contributed by atoms with Crippen LogP contribution in [0.4, 0.5) is 18.9 Å². The van der Waals surface area contributed by atoms with Crippen molar-refractivity contribution in [2.24, 2.45) is 11.8 Å². The number of halogens is 3. The van der Waals surface area contributed by atoms with Gasteiger partial charge in [-0.05, 0) is 74.4 Å². The van der Waals surface area contributed by atoms with Crippen LogP contribution in [0.1, 0.15) is 58.1 Å². The first-order valence-corrected chi connectivity index (χ1v) is 13.7. The fraction of sp³-hybridized carbons (Fsp3) is 0.500. The molecule has 6 nitrogen and oxygen atoms in total. The van der Waals surface area contributed by atoms with Crippen molar-refractivity contribution in [3.05, 3.63) is 65.7 Å². The third-order valence-electron chi connectivity index (χ3n) is 8.35. The molecule has 2 unspecified atom stereocenters. The molecule has 2 aliphatic heterocycles. The third kappa shape index (κ3) is 5.68. The van der Waals surface area contributed by atoms with Gasteiger partial charge in [0.1, 0.15) is 11.5 Å². The zero-order chi connectivity index (χ0) is 27.8. The average Bonchev–Trinajstić information content (AvgIpc) is 3.31. The van der Waals surface area contributed by atoms with E-state index in [2.05, 4.69) is 30.0 Å². The lowest BCUT2D eigenvalue weighted by molar-refractivity contribution is -0.274. The van der Waals surface area contributed by atoms with Gasteiger partial charge in [0.2, 0.25) is 5.91 Å². The summed E-state index contributed by atoms with van der Waals surface area (Å²) in [6.07, 6.45) is 6.23. The number of nitrogens with zero attached hydrogens (tertiary/aromatic N) is 2. The number of piperidine rings is 1. The van der Waals surface area contributed by atoms with Gasteiger partial charge in [0.15, 0.2) is 0 Å². The summed E-state index contributed by atoms with van der Waals surface area (Å²) in [7, 11) is 1.65. The summed E-state index contributed by atoms with van der Waals surface area (Å²) < 4.78 is 50.3. The zero-order valence-corrected chi connectivity index (χ0v) is 22.7. The molecule has 0 bridgehead atoms. The van der Waals surface area contributed by atoms with Gasteiger partial charge in [0, 0.05) is 31.0 Å². The molecule has 1 saturated heterocycles. The van der Waals surface area contributed by atoms with Gasteiger partial charge in [-0.2, -0.15) is 0 Å². The Morgan fingerprint density at radius 2 is 2.00 bits per heavy atom. The van der Waals surface area contributed by atoms with Crippen LogP contribution in [-0.4, -0.2) is 41.9 Å². The van der Waals surface area contributed by atoms with Crippen molar-refractivity contribution in [2.45, 2.75) is 64.3 Å². The molecule has 1 aliphatic carbocycles. The van der Waals surface area contributed by atoms with E-state index in [-0.39, 0.29) is 17.6 Å². The summed E-state index contributed by atoms with van der Waals surface area (Å²) >= 11 is 0. The third-order valence-corrected chi connectivity index (χ3v) is 8.35. The minimum Gasteiger partial charge on any atom is -0.497 e. The predicted molar refractivity (Wildman–Crippen MR) is 144 cm³/mol. The summed E-state index contributed by atoms with van der Waals surface area (Å²) in [5.74, 6) is 0.930. The van der Waals surface area contributed by atoms with E-state index in [9.17, 15) is 18.0 Å². The summed E-state index contributed by atoms with van der Waals surface area (Å²) in [5, 5.41) is 3.53. The first kappa shape index (κ1) is 27.2. The Morgan fingerprint density at radius 3 is 2.69 bits per heavy atom. The van der Waals surface area contributed by atoms with Crippen molar-refractivity contribution in [3.8, 4) is 11.4 Å². The Balaban J connectivity index is 1.30. The smallest absolute Gasteiger partial charge is 0.497 e. The second-order valence-corrected chi connectivity index (χ2v) is 11.0. The molecule has 2 atom stereocenters. The van der Waals surface area contributed by atoms with E-state index in [0.717, 1.165) is 42.8 Å². The highest BCUT2D eigenvalue weighted by atomic mass is 19.4. The molecule has 210 valence electrons. The van der Waals surface area contributed by atoms with Crippen molar-refractivity contribution in [2.75, 3.05) is 25.5 Å². The standard InChI is InChI=1S/C30H36F3N3O3/c1-4-20(2)16-21-7-8-22(18-24(17-21)38-3)28(37)35-14-11-29(12-15-35)27-6-5-13-36(27)26-10-9-23(19-25(26)34-29)39-30(31,32)33/h5-6,9-10,13,17-20,22,34H,4,7-8,11-12,14-16H2,1-3H3. The molecule has 2 aromatic rings. The lowest BCUT2D eigenvalue weighted by Crippen LogP contribution is -2.52. The molecule has 1 N–H and O–H groups in total. The molecule has 9 heteroatoms. The van der Waals surface area contributed by atoms with Crippen LogP contribution < -0.4 is 10.1 Å². The van der Waals surface area contributed by atoms with Gasteiger partial charge in [-0.3, -0.25) is 4.79 Å². The molecular weight excluding hydrogens is 507 g/mol. The lowest BCUT2D eigenvalue weighted by atomic mass is 9.82. The van der Waals surface area contributed by atoms with Gasteiger partial charge in [-0.15, -0.1) is 13.2 Å². The highest BCUT2D eigenvalue weighted by molar-refractivity contribution is 5.81. The zero-order valence-electron chi connectivity index (χ0n) is 22.7. The fourth-order valence-corrected chi connectivity index (χ4v) is 6.07. The van der Waals surface area contributed by atoms with Crippen LogP contribution in [0, 0.1) is 11.8 Å². The Labute approximate surface area is 227 Å². The minimum atomic E-state index is -4.76. The van der Waals surface area contributed by atoms with Crippen LogP contribution in [0.3, 0.4) is 0 Å². The minimum absolute atomic E-state index is 0.102. The van der Waals surface area contributed by atoms with Gasteiger partial charge in [-0.1, -0.05) is 25.8 Å². The van der Waals surface area contributed by atoms with E-state index >= 15 is 0 Å². The van der Waals surface area contributed by atoms with Crippen LogP contribution >= 0.6 is 0 Å². The lowest BCUT2D eigenvalue weighted by Gasteiger charge is -2.46. The summed E-state index contributed by atoms with van der Waals surface area (Å²) in [4.78, 5) is 15.6. The second-order valence-electron chi connectivity index (χ2n) is 11.0. The SMILES string of the molecule is CCC(C)CC1=CC(OC)=CC(C(=O)N2CCC3(CC2)Nc2cc(OC(F)(F)F)ccc2-n2cccc23)CC1. The maximum Gasteiger partial charge on any atom is 0.573 e. The van der Waals surface area contributed by atoms with E-state index in [1.807, 2.05) is 33.9 Å². The number of fused-ring (bicyclic) bond motifs is 4. The number of anilines is 1. The number of carbonyl (C=O) groups excluding carboxylic acids is 1. The van der Waals surface area contributed by atoms with Gasteiger partial charge >= 0.3 is 6.36 Å². The predicted octanol–water partition coefficient (Wildman–Crippen LogP) is 6.92. The number of aromatic nitrogens is 1. The van der Waals surface area contributed by atoms with Gasteiger partial charge in [-0.25, -0.2) is 0 Å². The number of likely N-dealkylation sites (tertiary alicyclic amines) is 1. The number of ether oxygens (including phenoxy) is 2. The van der Waals surface area contributed by atoms with Crippen LogP contribution in [0.25, 0.3) is 5.69 Å². The second kappa shape index (κ2) is 10.7. The Hall–Kier alpha value is -3.36. The van der Waals surface area contributed by atoms with Crippen molar-refractivity contribution < 1.29 is 27.4 Å². The summed E-state index contributed by atoms with van der Waals surface area (Å²) in [6.45, 7) is 5.53. The quantitative estimate of drug-likeness (QED) is 0.430. The molecule has 1 aromatic carbocycles. The molecule has 1 aromatic heterocycles. The molecule has 0 saturated carbocycles. The number of nitrogens with one attached hydrogen (secondary N) is 1. The number of alkyl halides is 3. The van der Waals surface area contributed by atoms with Crippen molar-refractivity contribution in [3.63, 3.8) is 0 Å². The Morgan fingerprint density at radius 1 is 1.23 bits per heavy atom. The number of allylic oxidation sites excluding steroid dienone is 2. The van der Waals surface area contributed by atoms with Crippen molar-refractivity contribution in [1.82, 2.24) is 9.47 Å². The van der Waals surface area contributed by atoms with Crippen LogP contribution in [0.2, 0.25) is 0 Å². The fourth-order valence-electron chi connectivity index (χ4n) is 6.07. The maximum atomic E-state index is 13.6. The van der Waals surface area contributed by atoms with Crippen molar-refractivity contribution >= 4 is 11.6 Å². The monoisotopic (exact) mass is 543 g/mol. The highest BCUT2D eigenvalue weighted by Crippen LogP contribution is 2.45. The molecule has 1 amide bonds. The van der Waals surface area contributed by atoms with E-state index in [1.165, 1.54) is 17.7 Å². The van der Waals surface area contributed by atoms with Gasteiger partial charge in [0.25, 0.3) is 0 Å². The molecule has 39 heavy (non-hydrogen) atoms. The molecule has 1 fully saturated rings. The van der Waals surface area contributed by atoms with E-state index < -0.39 is 11.9 Å². The molecular formula is C30H36F3N3O3. The number of carbonyl (C=O) groups is 1. The topological polar surface area (TPSA) is 55.7 Å². The molecule has 0 radical (unpaired) electrons. The summed E-state index contributed by atoms with van der Waals surface area (Å²) in [5.41, 5.74) is 3.22. The molecule has 3 aliphatic rings. The average molecular weight is 544 g/mol. The first-order valence-electron chi connectivity index (χ1n) is 13.7. The van der Waals surface area contributed by atoms with E-state index in [1.54, 1.807) is 13.2 Å². The first-order chi connectivity index (χ1) is 18.6. The van der Waals surface area contributed by atoms with E-state index in [0.29, 0.717) is 37.5 Å². The number of hydrogen-bond acceptors (Lipinski definition) is 4.